The van der Waals surface area contributed by atoms with Gasteiger partial charge in [0.1, 0.15) is 17.2 Å². The largest absolute Gasteiger partial charge is 0.444 e. The Balaban J connectivity index is 1.62. The van der Waals surface area contributed by atoms with Crippen LogP contribution in [-0.2, 0) is 11.3 Å². The standard InChI is InChI=1S/C23H28N4O3/c1-16-13-19(20(14-24)21(28)25-16)18-7-5-17(6-8-18)15-26-9-11-27(12-10-26)22(29)30-23(2,3)4/h5-8,13H,9-12,15H2,1-4H3,(H,25,28). The first-order valence-electron chi connectivity index (χ1n) is 10.1. The topological polar surface area (TPSA) is 89.4 Å². The molecular weight excluding hydrogens is 380 g/mol. The number of pyridine rings is 1. The van der Waals surface area contributed by atoms with Crippen molar-refractivity contribution in [3.8, 4) is 17.2 Å². The third-order valence-electron chi connectivity index (χ3n) is 4.97. The van der Waals surface area contributed by atoms with Gasteiger partial charge in [-0.2, -0.15) is 5.26 Å². The van der Waals surface area contributed by atoms with Crippen LogP contribution in [0.3, 0.4) is 0 Å². The number of carbonyl (C=O) groups excluding carboxylic acids is 1. The van der Waals surface area contributed by atoms with E-state index in [0.29, 0.717) is 18.7 Å². The molecule has 1 saturated heterocycles. The predicted molar refractivity (Wildman–Crippen MR) is 115 cm³/mol. The number of hydrogen-bond acceptors (Lipinski definition) is 5. The number of aryl methyl sites for hydroxylation is 1. The van der Waals surface area contributed by atoms with Crippen LogP contribution < -0.4 is 5.56 Å². The van der Waals surface area contributed by atoms with E-state index in [1.54, 1.807) is 11.8 Å². The first-order valence-corrected chi connectivity index (χ1v) is 10.1. The highest BCUT2D eigenvalue weighted by atomic mass is 16.6. The lowest BCUT2D eigenvalue weighted by Crippen LogP contribution is -2.49. The summed E-state index contributed by atoms with van der Waals surface area (Å²) in [6.45, 7) is 11.1. The molecule has 3 rings (SSSR count). The molecule has 0 spiro atoms. The quantitative estimate of drug-likeness (QED) is 0.842. The van der Waals surface area contributed by atoms with Crippen LogP contribution in [0.1, 0.15) is 37.6 Å². The highest BCUT2D eigenvalue weighted by Crippen LogP contribution is 2.23. The van der Waals surface area contributed by atoms with Crippen LogP contribution in [-0.4, -0.2) is 52.7 Å². The number of rotatable bonds is 3. The number of nitrogens with zero attached hydrogens (tertiary/aromatic N) is 3. The average Bonchev–Trinajstić information content (AvgIpc) is 2.67. The maximum absolute atomic E-state index is 12.2. The van der Waals surface area contributed by atoms with E-state index in [1.807, 2.05) is 57.2 Å². The first-order chi connectivity index (χ1) is 14.2. The maximum Gasteiger partial charge on any atom is 0.410 e. The third kappa shape index (κ3) is 5.28. The second-order valence-electron chi connectivity index (χ2n) is 8.62. The Morgan fingerprint density at radius 2 is 1.80 bits per heavy atom. The van der Waals surface area contributed by atoms with Gasteiger partial charge in [-0.25, -0.2) is 4.79 Å². The lowest BCUT2D eigenvalue weighted by atomic mass is 10.00. The Hall–Kier alpha value is -3.11. The van der Waals surface area contributed by atoms with Crippen LogP contribution in [0.15, 0.2) is 35.1 Å². The summed E-state index contributed by atoms with van der Waals surface area (Å²) < 4.78 is 5.44. The monoisotopic (exact) mass is 408 g/mol. The number of H-pyrrole nitrogens is 1. The van der Waals surface area contributed by atoms with Crippen molar-refractivity contribution in [2.75, 3.05) is 26.2 Å². The lowest BCUT2D eigenvalue weighted by Gasteiger charge is -2.35. The van der Waals surface area contributed by atoms with Crippen molar-refractivity contribution in [1.82, 2.24) is 14.8 Å². The molecule has 0 saturated carbocycles. The van der Waals surface area contributed by atoms with Gasteiger partial charge in [-0.3, -0.25) is 9.69 Å². The fourth-order valence-electron chi connectivity index (χ4n) is 3.49. The summed E-state index contributed by atoms with van der Waals surface area (Å²) in [6, 6.07) is 11.8. The van der Waals surface area contributed by atoms with Gasteiger partial charge in [0.05, 0.1) is 0 Å². The normalized spacial score (nSPS) is 15.0. The lowest BCUT2D eigenvalue weighted by molar-refractivity contribution is 0.0139. The number of hydrogen-bond donors (Lipinski definition) is 1. The van der Waals surface area contributed by atoms with Gasteiger partial charge in [0, 0.05) is 44.0 Å². The molecule has 2 aromatic rings. The summed E-state index contributed by atoms with van der Waals surface area (Å²) in [6.07, 6.45) is -0.257. The molecule has 1 aliphatic rings. The Kier molecular flexibility index (Phi) is 6.28. The Bertz CT molecular complexity index is 1000. The van der Waals surface area contributed by atoms with Gasteiger partial charge in [0.15, 0.2) is 0 Å². The Labute approximate surface area is 176 Å². The van der Waals surface area contributed by atoms with Gasteiger partial charge < -0.3 is 14.6 Å². The van der Waals surface area contributed by atoms with Crippen molar-refractivity contribution in [3.63, 3.8) is 0 Å². The smallest absolute Gasteiger partial charge is 0.410 e. The highest BCUT2D eigenvalue weighted by molar-refractivity contribution is 5.70. The zero-order valence-electron chi connectivity index (χ0n) is 18.0. The van der Waals surface area contributed by atoms with E-state index < -0.39 is 5.60 Å². The average molecular weight is 409 g/mol. The molecule has 1 aliphatic heterocycles. The summed E-state index contributed by atoms with van der Waals surface area (Å²) in [4.78, 5) is 30.9. The molecule has 7 heteroatoms. The number of aromatic amines is 1. The van der Waals surface area contributed by atoms with Crippen molar-refractivity contribution in [1.29, 1.82) is 5.26 Å². The molecule has 1 N–H and O–H groups in total. The number of nitriles is 1. The molecular formula is C23H28N4O3. The number of aromatic nitrogens is 1. The minimum absolute atomic E-state index is 0.131. The fourth-order valence-corrected chi connectivity index (χ4v) is 3.49. The van der Waals surface area contributed by atoms with Crippen molar-refractivity contribution < 1.29 is 9.53 Å². The predicted octanol–water partition coefficient (Wildman–Crippen LogP) is 3.27. The van der Waals surface area contributed by atoms with E-state index >= 15 is 0 Å². The molecule has 0 radical (unpaired) electrons. The zero-order chi connectivity index (χ0) is 21.9. The molecule has 0 aliphatic carbocycles. The van der Waals surface area contributed by atoms with Gasteiger partial charge in [0.2, 0.25) is 0 Å². The molecule has 1 aromatic carbocycles. The molecule has 158 valence electrons. The maximum atomic E-state index is 12.2. The highest BCUT2D eigenvalue weighted by Gasteiger charge is 2.25. The second-order valence-corrected chi connectivity index (χ2v) is 8.62. The summed E-state index contributed by atoms with van der Waals surface area (Å²) in [7, 11) is 0. The van der Waals surface area contributed by atoms with Crippen LogP contribution >= 0.6 is 0 Å². The number of piperazine rings is 1. The zero-order valence-corrected chi connectivity index (χ0v) is 18.0. The van der Waals surface area contributed by atoms with Gasteiger partial charge in [-0.05, 0) is 44.9 Å². The molecule has 0 atom stereocenters. The molecule has 0 bridgehead atoms. The summed E-state index contributed by atoms with van der Waals surface area (Å²) in [5, 5.41) is 9.33. The minimum atomic E-state index is -0.483. The number of amides is 1. The number of nitrogens with one attached hydrogen (secondary N) is 1. The van der Waals surface area contributed by atoms with Gasteiger partial charge in [0.25, 0.3) is 5.56 Å². The van der Waals surface area contributed by atoms with Crippen molar-refractivity contribution in [2.24, 2.45) is 0 Å². The summed E-state index contributed by atoms with van der Waals surface area (Å²) in [5.41, 5.74) is 2.65. The van der Waals surface area contributed by atoms with E-state index in [4.69, 9.17) is 4.74 Å². The Morgan fingerprint density at radius 1 is 1.17 bits per heavy atom. The third-order valence-corrected chi connectivity index (χ3v) is 4.97. The molecule has 1 fully saturated rings. The van der Waals surface area contributed by atoms with Crippen LogP contribution in [0.25, 0.3) is 11.1 Å². The first kappa shape index (κ1) is 21.6. The number of benzene rings is 1. The van der Waals surface area contributed by atoms with E-state index in [1.165, 1.54) is 0 Å². The van der Waals surface area contributed by atoms with E-state index in [0.717, 1.165) is 36.5 Å². The number of ether oxygens (including phenoxy) is 1. The van der Waals surface area contributed by atoms with Crippen LogP contribution in [0.5, 0.6) is 0 Å². The molecule has 30 heavy (non-hydrogen) atoms. The molecule has 7 nitrogen and oxygen atoms in total. The summed E-state index contributed by atoms with van der Waals surface area (Å²) in [5.74, 6) is 0. The Morgan fingerprint density at radius 3 is 2.37 bits per heavy atom. The fraction of sp³-hybridized carbons (Fsp3) is 0.435. The van der Waals surface area contributed by atoms with Crippen LogP contribution in [0.2, 0.25) is 0 Å². The van der Waals surface area contributed by atoms with Gasteiger partial charge >= 0.3 is 6.09 Å². The minimum Gasteiger partial charge on any atom is -0.444 e. The summed E-state index contributed by atoms with van der Waals surface area (Å²) >= 11 is 0. The van der Waals surface area contributed by atoms with E-state index in [2.05, 4.69) is 9.88 Å². The van der Waals surface area contributed by atoms with Crippen molar-refractivity contribution >= 4 is 6.09 Å². The molecule has 1 aromatic heterocycles. The molecule has 0 unspecified atom stereocenters. The van der Waals surface area contributed by atoms with E-state index in [9.17, 15) is 14.9 Å². The number of carbonyl (C=O) groups is 1. The van der Waals surface area contributed by atoms with Crippen molar-refractivity contribution in [3.05, 3.63) is 57.5 Å². The molecule has 1 amide bonds. The van der Waals surface area contributed by atoms with Crippen molar-refractivity contribution in [2.45, 2.75) is 39.8 Å². The van der Waals surface area contributed by atoms with Crippen LogP contribution in [0, 0.1) is 18.3 Å². The van der Waals surface area contributed by atoms with E-state index in [-0.39, 0.29) is 17.2 Å². The van der Waals surface area contributed by atoms with Crippen LogP contribution in [0.4, 0.5) is 4.79 Å². The van der Waals surface area contributed by atoms with Gasteiger partial charge in [-0.1, -0.05) is 24.3 Å². The molecule has 2 heterocycles. The van der Waals surface area contributed by atoms with Gasteiger partial charge in [-0.15, -0.1) is 0 Å². The second kappa shape index (κ2) is 8.72. The SMILES string of the molecule is Cc1cc(-c2ccc(CN3CCN(C(=O)OC(C)(C)C)CC3)cc2)c(C#N)c(=O)[nH]1.